The Morgan fingerprint density at radius 1 is 0.344 bits per heavy atom. The number of allylic oxidation sites excluding steroid dienone is 10. The van der Waals surface area contributed by atoms with E-state index in [4.69, 9.17) is 12.8 Å². The van der Waals surface area contributed by atoms with Crippen molar-refractivity contribution in [2.45, 2.75) is 187 Å². The van der Waals surface area contributed by atoms with Gasteiger partial charge in [-0.15, -0.1) is 38.9 Å². The van der Waals surface area contributed by atoms with E-state index in [1.165, 1.54) is 65.5 Å². The Hall–Kier alpha value is -2.69. The van der Waals surface area contributed by atoms with Gasteiger partial charge in [0.05, 0.1) is 12.8 Å². The van der Waals surface area contributed by atoms with Gasteiger partial charge in [-0.2, -0.15) is 0 Å². The summed E-state index contributed by atoms with van der Waals surface area (Å²) in [7, 11) is -41.7. The van der Waals surface area contributed by atoms with Crippen LogP contribution < -0.4 is 214 Å². The van der Waals surface area contributed by atoms with Crippen LogP contribution in [0.4, 0.5) is 0 Å². The molecule has 0 aromatic heterocycles. The van der Waals surface area contributed by atoms with Crippen LogP contribution in [0.3, 0.4) is 0 Å². The molecule has 0 N–H and O–H groups in total. The van der Waals surface area contributed by atoms with Crippen LogP contribution in [0, 0.1) is 73.0 Å². The molecule has 2 unspecified atom stereocenters. The second-order valence-electron chi connectivity index (χ2n) is 24.4. The topological polar surface area (TPSA) is 668 Å². The largest absolute Gasteiger partial charge is 1.00 e. The molecule has 664 valence electrons. The van der Waals surface area contributed by atoms with Crippen molar-refractivity contribution >= 4 is 166 Å². The number of unbranched alkanes of at least 4 members (excludes halogenated alkanes) is 2. The fraction of sp³-hybridized carbons (Fsp3) is 0.432. The third-order valence-electron chi connectivity index (χ3n) is 13.2. The van der Waals surface area contributed by atoms with Crippen LogP contribution in [-0.4, -0.2) is 99.4 Å². The van der Waals surface area contributed by atoms with Crippen molar-refractivity contribution in [3.8, 4) is 49.4 Å². The quantitative estimate of drug-likeness (QED) is 0.0180. The summed E-state index contributed by atoms with van der Waals surface area (Å²) in [5, 5.41) is 0. The summed E-state index contributed by atoms with van der Waals surface area (Å²) in [6.45, 7) is 41.2. The predicted molar refractivity (Wildman–Crippen MR) is 429 cm³/mol. The third kappa shape index (κ3) is 65.9. The summed E-state index contributed by atoms with van der Waals surface area (Å²) in [5.74, 6) is 4.98. The first-order chi connectivity index (χ1) is 53.9. The van der Waals surface area contributed by atoms with E-state index in [1.54, 1.807) is 41.5 Å². The van der Waals surface area contributed by atoms with Crippen molar-refractivity contribution in [2.75, 3.05) is 0 Å². The van der Waals surface area contributed by atoms with Gasteiger partial charge in [-0.25, -0.2) is 0 Å². The molecular formula is C74H98Li9O36P9. The van der Waals surface area contributed by atoms with E-state index in [0.717, 1.165) is 37.1 Å². The number of terminal acetylenes is 4. The minimum atomic E-state index is -4.87. The minimum Gasteiger partial charge on any atom is -0.789 e. The first-order valence-corrected chi connectivity index (χ1v) is 48.9. The second kappa shape index (κ2) is 84.8. The van der Waals surface area contributed by atoms with Crippen molar-refractivity contribution in [3.63, 3.8) is 0 Å². The predicted octanol–water partition coefficient (Wildman–Crippen LogP) is -20.2. The standard InChI is InChI=1S/3C10H19O4P.3C8H11O4P.C8H7O4P.C6H7O4P.C6H3O4P.9Li/c1-7(2)5-9(11)15(13,14)10(12)6-8(3)4;1-5-7(3)9(11)15(13,14)10(12)8(4)6-2;1-3-5-7-9(11)15(13,14)10(12)8-6-4-2;1-5(2)7(9)13(11,12)8(10)6(3)4;3*1-3-5-7(9)13(11,12)8(10)6-4-2;2*1-3-5(7)11(9,10)6(8)4-2;;;;;;;;;/h2*7-8H,5-6H2,1-4H3,(H,13,14);3-8H2,1-2H3,(H,13,14);1,3H2,2,4H3,(H,11,12);3-6H,1-2H3,(H,11,12);3-4H,1-2,5-6H2,(H,11,12);1-2H,5-6H2,(H,11,12);3-4H,1-2H2,(H,9,10);1-2H,(H,9,10);;;;;;;;;/q;;;;;;;;;9*+1/p-9/b;;;;5-3+,6-4+;;;;;;;;;;;;;. The molecule has 0 aromatic rings. The van der Waals surface area contributed by atoms with Crippen molar-refractivity contribution in [3.05, 3.63) is 99.2 Å². The van der Waals surface area contributed by atoms with Gasteiger partial charge in [0.2, 0.25) is 33.1 Å². The minimum absolute atomic E-state index is 0. The van der Waals surface area contributed by atoms with Crippen molar-refractivity contribution < 1.29 is 341 Å². The molecule has 0 aliphatic carbocycles. The van der Waals surface area contributed by atoms with Gasteiger partial charge < -0.3 is 85.1 Å². The van der Waals surface area contributed by atoms with E-state index in [0.29, 0.717) is 37.8 Å². The van der Waals surface area contributed by atoms with Crippen molar-refractivity contribution in [1.29, 1.82) is 0 Å². The van der Waals surface area contributed by atoms with Gasteiger partial charge >= 0.3 is 170 Å². The van der Waals surface area contributed by atoms with Crippen molar-refractivity contribution in [1.82, 2.24) is 0 Å². The molecular weight excluding hydrogens is 1810 g/mol. The number of carbonyl (C=O) groups excluding carboxylic acids is 18. The number of rotatable bonds is 44. The monoisotopic (exact) mass is 1900 g/mol. The Balaban J connectivity index is -0.0000000660. The molecule has 54 heteroatoms. The SMILES string of the molecule is C#CC(=O)P(=O)([O-])C(=O)C#C.C#CCC(=O)P(=O)([O-])C(=O)CC#C.C/C=C/C(=O)P(=O)([O-])C(=O)/C=C/C.C=C(C)C(=O)P(=O)([O-])C(=O)C(=C)C.C=CC(=O)P(=O)([O-])C(=O)C=C.C=CCC(=O)P(=O)([O-])C(=O)CC=C.CC(C)CC(=O)P(=O)([O-])C(=O)CC(C)C.CCC(C)C(=O)P(=O)([O-])C(=O)C(C)CC.CCCCC(=O)P(=O)([O-])C(=O)CCCC.[Li+].[Li+].[Li+].[Li+].[Li+].[Li+].[Li+].[Li+].[Li+]. The summed E-state index contributed by atoms with van der Waals surface area (Å²) in [5.41, 5.74) is -21.0. The van der Waals surface area contributed by atoms with E-state index in [1.807, 2.05) is 25.7 Å². The van der Waals surface area contributed by atoms with Crippen LogP contribution in [0.1, 0.15) is 187 Å². The summed E-state index contributed by atoms with van der Waals surface area (Å²) < 4.78 is 99.7. The van der Waals surface area contributed by atoms with Gasteiger partial charge in [0.25, 0.3) is 11.0 Å². The fourth-order valence-electron chi connectivity index (χ4n) is 6.15. The average Bonchev–Trinajstić information content (AvgIpc) is 0.816. The van der Waals surface area contributed by atoms with E-state index in [9.17, 15) is 171 Å². The second-order valence-corrected chi connectivity index (χ2v) is 42.6. The number of carbonyl (C=O) groups is 18. The molecule has 36 nitrogen and oxygen atoms in total. The fourth-order valence-corrected chi connectivity index (χ4v) is 15.8. The number of hydrogen-bond donors (Lipinski definition) is 0. The molecule has 128 heavy (non-hydrogen) atoms. The molecule has 0 bridgehead atoms. The first kappa shape index (κ1) is 168. The van der Waals surface area contributed by atoms with Gasteiger partial charge in [0.15, 0.2) is 84.7 Å². The average molecular weight is 1900 g/mol. The molecule has 0 fully saturated rings. The molecule has 0 saturated carbocycles. The maximum Gasteiger partial charge on any atom is 1.00 e. The van der Waals surface area contributed by atoms with E-state index >= 15 is 0 Å². The maximum absolute atomic E-state index is 11.6. The molecule has 0 radical (unpaired) electrons. The Labute approximate surface area is 857 Å². The smallest absolute Gasteiger partial charge is 0.789 e. The van der Waals surface area contributed by atoms with Gasteiger partial charge in [0, 0.05) is 50.4 Å². The first-order valence-electron chi connectivity index (χ1n) is 34.3. The van der Waals surface area contributed by atoms with Crippen LogP contribution in [0.2, 0.25) is 0 Å². The Morgan fingerprint density at radius 3 is 0.773 bits per heavy atom. The van der Waals surface area contributed by atoms with Crippen LogP contribution in [0.25, 0.3) is 0 Å². The van der Waals surface area contributed by atoms with E-state index in [-0.39, 0.29) is 231 Å². The van der Waals surface area contributed by atoms with Crippen LogP contribution in [-0.2, 0) is 127 Å². The van der Waals surface area contributed by atoms with Crippen LogP contribution in [0.15, 0.2) is 99.2 Å². The maximum atomic E-state index is 11.6. The Bertz CT molecular complexity index is 4350. The summed E-state index contributed by atoms with van der Waals surface area (Å²) in [4.78, 5) is 296. The zero-order valence-electron chi connectivity index (χ0n) is 77.1. The number of hydrogen-bond acceptors (Lipinski definition) is 36. The summed E-state index contributed by atoms with van der Waals surface area (Å²) >= 11 is 0. The zero-order valence-corrected chi connectivity index (χ0v) is 85.2. The van der Waals surface area contributed by atoms with Crippen molar-refractivity contribution in [2.24, 2.45) is 23.7 Å². The molecule has 0 aromatic carbocycles. The van der Waals surface area contributed by atoms with Gasteiger partial charge in [0.1, 0.15) is 36.8 Å². The molecule has 2 atom stereocenters. The van der Waals surface area contributed by atoms with Gasteiger partial charge in [-0.1, -0.05) is 145 Å². The van der Waals surface area contributed by atoms with Crippen LogP contribution >= 0.6 is 66.3 Å². The summed E-state index contributed by atoms with van der Waals surface area (Å²) in [6, 6.07) is 0. The van der Waals surface area contributed by atoms with Gasteiger partial charge in [-0.3, -0.25) is 86.3 Å². The van der Waals surface area contributed by atoms with Crippen LogP contribution in [0.5, 0.6) is 0 Å². The molecule has 0 amide bonds. The molecule has 0 saturated heterocycles. The third-order valence-corrected chi connectivity index (χ3v) is 28.2. The molecule has 0 heterocycles. The zero-order chi connectivity index (χ0) is 96.7. The Kier molecular flexibility index (Phi) is 111. The molecule has 0 rings (SSSR count). The molecule has 0 spiro atoms. The molecule has 0 aliphatic rings. The van der Waals surface area contributed by atoms with E-state index < -0.39 is 190 Å². The Morgan fingerprint density at radius 2 is 0.578 bits per heavy atom. The van der Waals surface area contributed by atoms with E-state index in [2.05, 4.69) is 52.3 Å². The van der Waals surface area contributed by atoms with Gasteiger partial charge in [-0.05, 0) is 113 Å². The molecule has 0 aliphatic heterocycles. The summed E-state index contributed by atoms with van der Waals surface area (Å²) in [6.07, 6.45) is 27.4. The normalized spacial score (nSPS) is 11.1.